The third kappa shape index (κ3) is 2.66. The number of carbonyl (C=O) groups is 4. The zero-order chi connectivity index (χ0) is 14.9. The minimum Gasteiger partial charge on any atom is -0.352 e. The van der Waals surface area contributed by atoms with Gasteiger partial charge in [-0.2, -0.15) is 0 Å². The van der Waals surface area contributed by atoms with Crippen molar-refractivity contribution in [2.75, 3.05) is 13.6 Å². The highest BCUT2D eigenvalue weighted by molar-refractivity contribution is 6.44. The minimum atomic E-state index is -0.940. The molecule has 1 aliphatic heterocycles. The number of hydrogen-bond donors (Lipinski definition) is 1. The maximum atomic E-state index is 11.9. The molecule has 0 aromatic rings. The van der Waals surface area contributed by atoms with Crippen LogP contribution < -0.4 is 5.32 Å². The molecule has 1 aliphatic carbocycles. The summed E-state index contributed by atoms with van der Waals surface area (Å²) < 4.78 is 0. The fraction of sp³-hybridized carbons (Fsp3) is 0.692. The molecule has 1 heterocycles. The molecule has 7 nitrogen and oxygen atoms in total. The van der Waals surface area contributed by atoms with E-state index in [4.69, 9.17) is 0 Å². The van der Waals surface area contributed by atoms with Crippen molar-refractivity contribution in [2.45, 2.75) is 38.6 Å². The van der Waals surface area contributed by atoms with Gasteiger partial charge < -0.3 is 5.32 Å². The van der Waals surface area contributed by atoms with E-state index in [-0.39, 0.29) is 6.04 Å². The number of imide groups is 2. The van der Waals surface area contributed by atoms with Crippen LogP contribution in [0.1, 0.15) is 32.6 Å². The molecule has 0 unspecified atom stereocenters. The fourth-order valence-corrected chi connectivity index (χ4v) is 2.68. The summed E-state index contributed by atoms with van der Waals surface area (Å²) in [5.74, 6) is -1.84. The van der Waals surface area contributed by atoms with Gasteiger partial charge in [-0.3, -0.25) is 19.3 Å². The molecule has 0 bridgehead atoms. The molecular formula is C13H19N3O4. The fourth-order valence-electron chi connectivity index (χ4n) is 2.68. The van der Waals surface area contributed by atoms with Crippen LogP contribution in [-0.2, 0) is 14.4 Å². The second-order valence-corrected chi connectivity index (χ2v) is 5.47. The molecule has 2 aliphatic rings. The zero-order valence-corrected chi connectivity index (χ0v) is 11.7. The molecule has 20 heavy (non-hydrogen) atoms. The summed E-state index contributed by atoms with van der Waals surface area (Å²) in [5.41, 5.74) is 0. The first kappa shape index (κ1) is 14.5. The molecule has 0 aromatic heterocycles. The standard InChI is InChI=1S/C13H19N3O4/c1-8-5-3-4-6-9(8)14-10(17)7-16-12(19)11(18)15(2)13(16)20/h8-9H,3-7H2,1-2H3,(H,14,17)/t8-,9+/m0/s1. The Morgan fingerprint density at radius 2 is 1.85 bits per heavy atom. The molecule has 1 saturated heterocycles. The van der Waals surface area contributed by atoms with Crippen LogP contribution in [0.5, 0.6) is 0 Å². The lowest BCUT2D eigenvalue weighted by Gasteiger charge is -2.29. The molecule has 5 amide bonds. The Balaban J connectivity index is 1.93. The number of amides is 5. The van der Waals surface area contributed by atoms with Gasteiger partial charge in [0.2, 0.25) is 5.91 Å². The second-order valence-electron chi connectivity index (χ2n) is 5.47. The number of urea groups is 1. The number of hydrogen-bond acceptors (Lipinski definition) is 4. The zero-order valence-electron chi connectivity index (χ0n) is 11.7. The largest absolute Gasteiger partial charge is 0.352 e. The molecule has 7 heteroatoms. The Kier molecular flexibility index (Phi) is 4.06. The molecule has 2 fully saturated rings. The molecule has 2 atom stereocenters. The van der Waals surface area contributed by atoms with Crippen molar-refractivity contribution >= 4 is 23.8 Å². The van der Waals surface area contributed by atoms with E-state index in [2.05, 4.69) is 12.2 Å². The van der Waals surface area contributed by atoms with Gasteiger partial charge in [-0.15, -0.1) is 0 Å². The average Bonchev–Trinajstić information content (AvgIpc) is 2.59. The van der Waals surface area contributed by atoms with Crippen LogP contribution in [0.25, 0.3) is 0 Å². The summed E-state index contributed by atoms with van der Waals surface area (Å²) in [6, 6.07) is -0.663. The van der Waals surface area contributed by atoms with E-state index in [1.807, 2.05) is 0 Å². The van der Waals surface area contributed by atoms with Gasteiger partial charge in [-0.05, 0) is 18.8 Å². The van der Waals surface area contributed by atoms with Crippen LogP contribution in [0.15, 0.2) is 0 Å². The monoisotopic (exact) mass is 281 g/mol. The molecule has 0 radical (unpaired) electrons. The molecule has 1 N–H and O–H groups in total. The van der Waals surface area contributed by atoms with E-state index >= 15 is 0 Å². The van der Waals surface area contributed by atoms with Gasteiger partial charge in [-0.25, -0.2) is 9.69 Å². The summed E-state index contributed by atoms with van der Waals surface area (Å²) in [6.07, 6.45) is 4.20. The van der Waals surface area contributed by atoms with Gasteiger partial charge in [-0.1, -0.05) is 19.8 Å². The Morgan fingerprint density at radius 1 is 1.20 bits per heavy atom. The number of nitrogens with zero attached hydrogens (tertiary/aromatic N) is 2. The van der Waals surface area contributed by atoms with E-state index in [0.29, 0.717) is 10.8 Å². The van der Waals surface area contributed by atoms with E-state index < -0.39 is 30.3 Å². The third-order valence-corrected chi connectivity index (χ3v) is 4.01. The smallest absolute Gasteiger partial charge is 0.334 e. The number of likely N-dealkylation sites (N-methyl/N-ethyl adjacent to an activating group) is 1. The molecule has 0 aromatic carbocycles. The van der Waals surface area contributed by atoms with Crippen LogP contribution in [0.2, 0.25) is 0 Å². The molecular weight excluding hydrogens is 262 g/mol. The predicted octanol–water partition coefficient (Wildman–Crippen LogP) is 0.102. The van der Waals surface area contributed by atoms with E-state index in [1.54, 1.807) is 0 Å². The van der Waals surface area contributed by atoms with Gasteiger partial charge in [0, 0.05) is 13.1 Å². The summed E-state index contributed by atoms with van der Waals surface area (Å²) in [7, 11) is 1.23. The first-order valence-corrected chi connectivity index (χ1v) is 6.84. The van der Waals surface area contributed by atoms with E-state index in [9.17, 15) is 19.2 Å². The molecule has 0 spiro atoms. The average molecular weight is 281 g/mol. The lowest BCUT2D eigenvalue weighted by molar-refractivity contribution is -0.143. The van der Waals surface area contributed by atoms with Crippen LogP contribution in [0.4, 0.5) is 4.79 Å². The van der Waals surface area contributed by atoms with Crippen LogP contribution in [0, 0.1) is 5.92 Å². The van der Waals surface area contributed by atoms with E-state index in [1.165, 1.54) is 7.05 Å². The highest BCUT2D eigenvalue weighted by Gasteiger charge is 2.43. The molecule has 2 rings (SSSR count). The van der Waals surface area contributed by atoms with E-state index in [0.717, 1.165) is 30.6 Å². The van der Waals surface area contributed by atoms with Gasteiger partial charge in [0.1, 0.15) is 6.54 Å². The van der Waals surface area contributed by atoms with Crippen LogP contribution in [0.3, 0.4) is 0 Å². The highest BCUT2D eigenvalue weighted by Crippen LogP contribution is 2.23. The van der Waals surface area contributed by atoms with Crippen LogP contribution in [-0.4, -0.2) is 53.2 Å². The van der Waals surface area contributed by atoms with Gasteiger partial charge in [0.25, 0.3) is 0 Å². The van der Waals surface area contributed by atoms with Crippen LogP contribution >= 0.6 is 0 Å². The number of nitrogens with one attached hydrogen (secondary N) is 1. The Labute approximate surface area is 117 Å². The minimum absolute atomic E-state index is 0.0810. The van der Waals surface area contributed by atoms with Crippen molar-refractivity contribution in [1.82, 2.24) is 15.1 Å². The second kappa shape index (κ2) is 5.60. The van der Waals surface area contributed by atoms with Gasteiger partial charge in [0.05, 0.1) is 0 Å². The number of carbonyl (C=O) groups excluding carboxylic acids is 4. The summed E-state index contributed by atoms with van der Waals surface area (Å²) in [4.78, 5) is 47.9. The van der Waals surface area contributed by atoms with Crippen molar-refractivity contribution in [2.24, 2.45) is 5.92 Å². The summed E-state index contributed by atoms with van der Waals surface area (Å²) in [5, 5.41) is 2.85. The Hall–Kier alpha value is -1.92. The van der Waals surface area contributed by atoms with Crippen molar-refractivity contribution in [3.63, 3.8) is 0 Å². The SMILES string of the molecule is C[C@H]1CCCC[C@H]1NC(=O)CN1C(=O)C(=O)N(C)C1=O. The first-order chi connectivity index (χ1) is 9.41. The molecule has 110 valence electrons. The Morgan fingerprint density at radius 3 is 2.40 bits per heavy atom. The van der Waals surface area contributed by atoms with Crippen molar-refractivity contribution in [3.05, 3.63) is 0 Å². The maximum Gasteiger partial charge on any atom is 0.334 e. The van der Waals surface area contributed by atoms with Crippen molar-refractivity contribution in [3.8, 4) is 0 Å². The lowest BCUT2D eigenvalue weighted by Crippen LogP contribution is -2.47. The van der Waals surface area contributed by atoms with Crippen molar-refractivity contribution in [1.29, 1.82) is 0 Å². The highest BCUT2D eigenvalue weighted by atomic mass is 16.2. The van der Waals surface area contributed by atoms with Gasteiger partial charge in [0.15, 0.2) is 0 Å². The normalized spacial score (nSPS) is 27.2. The molecule has 1 saturated carbocycles. The predicted molar refractivity (Wildman–Crippen MR) is 69.4 cm³/mol. The quantitative estimate of drug-likeness (QED) is 0.587. The number of rotatable bonds is 3. The topological polar surface area (TPSA) is 86.8 Å². The summed E-state index contributed by atoms with van der Waals surface area (Å²) in [6.45, 7) is 1.69. The van der Waals surface area contributed by atoms with Gasteiger partial charge >= 0.3 is 17.8 Å². The Bertz CT molecular complexity index is 463. The summed E-state index contributed by atoms with van der Waals surface area (Å²) >= 11 is 0. The first-order valence-electron chi connectivity index (χ1n) is 6.84. The third-order valence-electron chi connectivity index (χ3n) is 4.01. The van der Waals surface area contributed by atoms with Crippen molar-refractivity contribution < 1.29 is 19.2 Å². The maximum absolute atomic E-state index is 11.9. The lowest BCUT2D eigenvalue weighted by atomic mass is 9.86.